The third-order valence-electron chi connectivity index (χ3n) is 4.52. The topological polar surface area (TPSA) is 38.3 Å². The highest BCUT2D eigenvalue weighted by Gasteiger charge is 2.38. The minimum absolute atomic E-state index is 0.0366. The monoisotopic (exact) mass is 313 g/mol. The minimum Gasteiger partial charge on any atom is -0.481 e. The van der Waals surface area contributed by atoms with Crippen molar-refractivity contribution in [1.29, 1.82) is 0 Å². The summed E-state index contributed by atoms with van der Waals surface area (Å²) < 4.78 is 18.7. The van der Waals surface area contributed by atoms with Crippen LogP contribution >= 0.6 is 0 Å². The van der Waals surface area contributed by atoms with E-state index in [1.54, 1.807) is 12.1 Å². The van der Waals surface area contributed by atoms with E-state index in [9.17, 15) is 9.18 Å². The number of nitrogens with one attached hydrogen (secondary N) is 1. The number of hydrogen-bond donors (Lipinski definition) is 1. The van der Waals surface area contributed by atoms with E-state index in [-0.39, 0.29) is 23.7 Å². The lowest BCUT2D eigenvalue weighted by Crippen LogP contribution is -2.46. The molecule has 0 heterocycles. The molecule has 23 heavy (non-hydrogen) atoms. The van der Waals surface area contributed by atoms with Crippen LogP contribution < -0.4 is 10.1 Å². The molecule has 0 aliphatic heterocycles. The largest absolute Gasteiger partial charge is 0.481 e. The van der Waals surface area contributed by atoms with E-state index in [0.29, 0.717) is 6.54 Å². The Morgan fingerprint density at radius 3 is 2.43 bits per heavy atom. The maximum atomic E-state index is 13.4. The maximum absolute atomic E-state index is 13.4. The maximum Gasteiger partial charge on any atom is 0.257 e. The van der Waals surface area contributed by atoms with Gasteiger partial charge in [-0.15, -0.1) is 0 Å². The fourth-order valence-electron chi connectivity index (χ4n) is 2.99. The summed E-state index contributed by atoms with van der Waals surface area (Å²) in [5.41, 5.74) is 1.30. The van der Waals surface area contributed by atoms with Crippen LogP contribution in [0.4, 0.5) is 4.39 Å². The van der Waals surface area contributed by atoms with Crippen molar-refractivity contribution >= 4 is 5.91 Å². The van der Waals surface area contributed by atoms with Crippen molar-refractivity contribution in [3.63, 3.8) is 0 Å². The molecule has 0 spiro atoms. The molecule has 1 fully saturated rings. The smallest absolute Gasteiger partial charge is 0.257 e. The van der Waals surface area contributed by atoms with Gasteiger partial charge in [0.1, 0.15) is 0 Å². The van der Waals surface area contributed by atoms with Crippen LogP contribution in [0.5, 0.6) is 5.75 Å². The third kappa shape index (κ3) is 3.52. The molecule has 1 saturated carbocycles. The van der Waals surface area contributed by atoms with Gasteiger partial charge in [-0.2, -0.15) is 0 Å². The molecule has 1 aliphatic rings. The highest BCUT2D eigenvalue weighted by atomic mass is 19.1. The summed E-state index contributed by atoms with van der Waals surface area (Å²) in [6.07, 6.45) is 3.33. The molecule has 0 radical (unpaired) electrons. The molecule has 3 rings (SSSR count). The van der Waals surface area contributed by atoms with Crippen LogP contribution in [0, 0.1) is 5.82 Å². The van der Waals surface area contributed by atoms with Gasteiger partial charge in [0.25, 0.3) is 5.91 Å². The average molecular weight is 313 g/mol. The minimum atomic E-state index is -0.458. The highest BCUT2D eigenvalue weighted by Crippen LogP contribution is 2.43. The quantitative estimate of drug-likeness (QED) is 0.887. The lowest BCUT2D eigenvalue weighted by atomic mass is 9.64. The first-order valence-corrected chi connectivity index (χ1v) is 7.89. The van der Waals surface area contributed by atoms with Crippen molar-refractivity contribution < 1.29 is 13.9 Å². The molecule has 1 amide bonds. The van der Waals surface area contributed by atoms with Gasteiger partial charge in [0.2, 0.25) is 0 Å². The molecule has 120 valence electrons. The van der Waals surface area contributed by atoms with Crippen LogP contribution in [-0.2, 0) is 10.2 Å². The van der Waals surface area contributed by atoms with Crippen LogP contribution in [0.15, 0.2) is 54.6 Å². The average Bonchev–Trinajstić information content (AvgIpc) is 2.54. The summed E-state index contributed by atoms with van der Waals surface area (Å²) >= 11 is 0. The van der Waals surface area contributed by atoms with Crippen LogP contribution in [0.25, 0.3) is 0 Å². The second kappa shape index (κ2) is 6.82. The Hall–Kier alpha value is -2.36. The summed E-state index contributed by atoms with van der Waals surface area (Å²) in [7, 11) is 0. The summed E-state index contributed by atoms with van der Waals surface area (Å²) in [6.45, 7) is 0.419. The van der Waals surface area contributed by atoms with Crippen molar-refractivity contribution in [3.05, 3.63) is 66.0 Å². The number of hydrogen-bond acceptors (Lipinski definition) is 2. The van der Waals surface area contributed by atoms with Crippen molar-refractivity contribution in [2.75, 3.05) is 13.2 Å². The van der Waals surface area contributed by atoms with Crippen LogP contribution in [0.2, 0.25) is 0 Å². The fraction of sp³-hybridized carbons (Fsp3) is 0.316. The Balaban J connectivity index is 1.53. The van der Waals surface area contributed by atoms with E-state index in [0.717, 1.165) is 12.8 Å². The summed E-state index contributed by atoms with van der Waals surface area (Å²) in [5.74, 6) is -0.584. The molecule has 2 aromatic rings. The number of carbonyl (C=O) groups is 1. The van der Waals surface area contributed by atoms with E-state index in [1.165, 1.54) is 24.1 Å². The second-order valence-electron chi connectivity index (χ2n) is 6.00. The predicted molar refractivity (Wildman–Crippen MR) is 86.9 cm³/mol. The molecule has 1 aliphatic carbocycles. The summed E-state index contributed by atoms with van der Waals surface area (Å²) in [6, 6.07) is 16.4. The molecule has 2 aromatic carbocycles. The SMILES string of the molecule is O=C(COc1ccccc1F)NCC1(c2ccccc2)CCC1. The second-order valence-corrected chi connectivity index (χ2v) is 6.00. The molecular weight excluding hydrogens is 293 g/mol. The van der Waals surface area contributed by atoms with Gasteiger partial charge in [0, 0.05) is 12.0 Å². The Morgan fingerprint density at radius 2 is 1.78 bits per heavy atom. The number of halogens is 1. The molecule has 3 nitrogen and oxygen atoms in total. The first kappa shape index (κ1) is 15.5. The van der Waals surface area contributed by atoms with Gasteiger partial charge >= 0.3 is 0 Å². The first-order valence-electron chi connectivity index (χ1n) is 7.89. The van der Waals surface area contributed by atoms with Gasteiger partial charge in [-0.1, -0.05) is 48.9 Å². The fourth-order valence-corrected chi connectivity index (χ4v) is 2.99. The first-order chi connectivity index (χ1) is 11.2. The van der Waals surface area contributed by atoms with Gasteiger partial charge < -0.3 is 10.1 Å². The number of para-hydroxylation sites is 1. The Labute approximate surface area is 135 Å². The molecule has 4 heteroatoms. The zero-order valence-electron chi connectivity index (χ0n) is 12.9. The van der Waals surface area contributed by atoms with Crippen LogP contribution in [0.1, 0.15) is 24.8 Å². The van der Waals surface area contributed by atoms with Crippen LogP contribution in [0.3, 0.4) is 0 Å². The van der Waals surface area contributed by atoms with Gasteiger partial charge in [-0.25, -0.2) is 4.39 Å². The molecule has 0 bridgehead atoms. The van der Waals surface area contributed by atoms with Crippen molar-refractivity contribution in [2.24, 2.45) is 0 Å². The number of benzene rings is 2. The zero-order valence-corrected chi connectivity index (χ0v) is 12.9. The third-order valence-corrected chi connectivity index (χ3v) is 4.52. The Kier molecular flexibility index (Phi) is 4.60. The molecule has 0 unspecified atom stereocenters. The molecule has 1 N–H and O–H groups in total. The molecule has 0 saturated heterocycles. The Bertz CT molecular complexity index is 668. The van der Waals surface area contributed by atoms with Crippen molar-refractivity contribution in [2.45, 2.75) is 24.7 Å². The lowest BCUT2D eigenvalue weighted by Gasteiger charge is -2.42. The van der Waals surface area contributed by atoms with Gasteiger partial charge in [-0.3, -0.25) is 4.79 Å². The Morgan fingerprint density at radius 1 is 1.09 bits per heavy atom. The van der Waals surface area contributed by atoms with E-state index < -0.39 is 5.82 Å². The van der Waals surface area contributed by atoms with Crippen molar-refractivity contribution in [3.8, 4) is 5.75 Å². The van der Waals surface area contributed by atoms with E-state index in [2.05, 4.69) is 17.4 Å². The zero-order chi connectivity index (χ0) is 16.1. The van der Waals surface area contributed by atoms with Crippen LogP contribution in [-0.4, -0.2) is 19.1 Å². The molecule has 0 aromatic heterocycles. The number of amides is 1. The lowest BCUT2D eigenvalue weighted by molar-refractivity contribution is -0.123. The summed E-state index contributed by atoms with van der Waals surface area (Å²) in [4.78, 5) is 12.0. The van der Waals surface area contributed by atoms with E-state index >= 15 is 0 Å². The van der Waals surface area contributed by atoms with Gasteiger partial charge in [0.15, 0.2) is 18.2 Å². The van der Waals surface area contributed by atoms with Crippen molar-refractivity contribution in [1.82, 2.24) is 5.32 Å². The normalized spacial score (nSPS) is 15.5. The van der Waals surface area contributed by atoms with E-state index in [1.807, 2.05) is 18.2 Å². The predicted octanol–water partition coefficient (Wildman–Crippen LogP) is 3.44. The van der Waals surface area contributed by atoms with Gasteiger partial charge in [-0.05, 0) is 30.5 Å². The highest BCUT2D eigenvalue weighted by molar-refractivity contribution is 5.77. The number of ether oxygens (including phenoxy) is 1. The number of rotatable bonds is 6. The van der Waals surface area contributed by atoms with E-state index in [4.69, 9.17) is 4.74 Å². The summed E-state index contributed by atoms with van der Waals surface area (Å²) in [5, 5.41) is 2.93. The molecular formula is C19H20FNO2. The number of carbonyl (C=O) groups excluding carboxylic acids is 1. The van der Waals surface area contributed by atoms with Gasteiger partial charge in [0.05, 0.1) is 0 Å². The molecule has 0 atom stereocenters. The standard InChI is InChI=1S/C19H20FNO2/c20-16-9-4-5-10-17(16)23-13-18(22)21-14-19(11-6-12-19)15-7-2-1-3-8-15/h1-5,7-10H,6,11-14H2,(H,21,22).